The Morgan fingerprint density at radius 1 is 1.18 bits per heavy atom. The molecule has 1 N–H and O–H groups in total. The molecule has 1 spiro atoms. The highest BCUT2D eigenvalue weighted by atomic mass is 32.2. The molecule has 5 rings (SSSR count). The van der Waals surface area contributed by atoms with Gasteiger partial charge in [0.1, 0.15) is 0 Å². The molecular formula is C27H28N2O3S. The lowest BCUT2D eigenvalue weighted by Gasteiger charge is -2.43. The maximum atomic E-state index is 13.2. The second-order valence-electron chi connectivity index (χ2n) is 9.36. The number of hydrogen-bond donors (Lipinski definition) is 1. The van der Waals surface area contributed by atoms with E-state index in [1.54, 1.807) is 22.6 Å². The Morgan fingerprint density at radius 3 is 2.79 bits per heavy atom. The van der Waals surface area contributed by atoms with Crippen molar-refractivity contribution in [3.05, 3.63) is 99.4 Å². The lowest BCUT2D eigenvalue weighted by Crippen LogP contribution is -2.56. The third-order valence-corrected chi connectivity index (χ3v) is 7.93. The van der Waals surface area contributed by atoms with Crippen molar-refractivity contribution in [1.29, 1.82) is 0 Å². The predicted molar refractivity (Wildman–Crippen MR) is 134 cm³/mol. The molecule has 6 heteroatoms. The van der Waals surface area contributed by atoms with Crippen LogP contribution in [0.15, 0.2) is 88.3 Å². The summed E-state index contributed by atoms with van der Waals surface area (Å²) in [5.74, 6) is 0.502. The van der Waals surface area contributed by atoms with Crippen molar-refractivity contribution in [3.63, 3.8) is 0 Å². The number of hydrogen-bond acceptors (Lipinski definition) is 5. The van der Waals surface area contributed by atoms with E-state index < -0.39 is 16.6 Å². The van der Waals surface area contributed by atoms with E-state index in [9.17, 15) is 14.7 Å². The quantitative estimate of drug-likeness (QED) is 0.661. The Kier molecular flexibility index (Phi) is 5.57. The summed E-state index contributed by atoms with van der Waals surface area (Å²) < 4.78 is 1.72. The number of ketones is 1. The van der Waals surface area contributed by atoms with Crippen LogP contribution in [0, 0.1) is 11.3 Å². The Bertz CT molecular complexity index is 1230. The smallest absolute Gasteiger partial charge is 0.224 e. The van der Waals surface area contributed by atoms with Crippen LogP contribution in [0.4, 0.5) is 0 Å². The van der Waals surface area contributed by atoms with Crippen molar-refractivity contribution in [2.45, 2.75) is 32.2 Å². The van der Waals surface area contributed by atoms with Crippen LogP contribution in [-0.4, -0.2) is 33.9 Å². The standard InChI is InChI=1S/C27H28N2O3S/c1-18-8-9-20-14-19(2)33-16-21(15-20)6-4-3-5-7-22(18)29-17-27(11-12-27)26(32)24-25(31)23(30)10-13-28(24)29/h3-6,8-10,13-15,18,22,31H,2,7,11-12,16-17H2,1H3/b5-3-,6-4-,9-8?. The van der Waals surface area contributed by atoms with Gasteiger partial charge < -0.3 is 10.1 Å². The Balaban J connectivity index is 1.56. The second kappa shape index (κ2) is 8.41. The summed E-state index contributed by atoms with van der Waals surface area (Å²) in [6.45, 7) is 6.92. The first-order valence-corrected chi connectivity index (χ1v) is 12.4. The average Bonchev–Trinajstić information content (AvgIpc) is 3.58. The van der Waals surface area contributed by atoms with Crippen molar-refractivity contribution < 1.29 is 9.90 Å². The fourth-order valence-electron chi connectivity index (χ4n) is 4.83. The van der Waals surface area contributed by atoms with E-state index in [0.717, 1.165) is 35.5 Å². The molecule has 0 radical (unpaired) electrons. The van der Waals surface area contributed by atoms with Crippen molar-refractivity contribution in [3.8, 4) is 5.75 Å². The molecule has 2 aliphatic heterocycles. The van der Waals surface area contributed by atoms with Crippen LogP contribution in [0.1, 0.15) is 36.7 Å². The van der Waals surface area contributed by atoms with Crippen molar-refractivity contribution in [2.75, 3.05) is 17.3 Å². The van der Waals surface area contributed by atoms with Gasteiger partial charge in [0, 0.05) is 29.5 Å². The normalized spacial score (nSPS) is 28.1. The van der Waals surface area contributed by atoms with Gasteiger partial charge in [0.2, 0.25) is 5.43 Å². The van der Waals surface area contributed by atoms with Crippen molar-refractivity contribution in [1.82, 2.24) is 4.68 Å². The number of Topliss-reactive ketones (excluding diaryl/α,β-unsaturated/α-hetero) is 1. The van der Waals surface area contributed by atoms with Gasteiger partial charge in [-0.05, 0) is 42.4 Å². The summed E-state index contributed by atoms with van der Waals surface area (Å²) in [6.07, 6.45) is 21.1. The first-order chi connectivity index (χ1) is 15.9. The number of allylic oxidation sites excluding steroid dienone is 7. The van der Waals surface area contributed by atoms with Crippen LogP contribution >= 0.6 is 11.8 Å². The molecule has 1 aromatic heterocycles. The van der Waals surface area contributed by atoms with Gasteiger partial charge in [-0.25, -0.2) is 0 Å². The molecule has 170 valence electrons. The molecule has 0 aromatic carbocycles. The van der Waals surface area contributed by atoms with E-state index in [4.69, 9.17) is 0 Å². The minimum atomic E-state index is -0.509. The molecule has 0 saturated heterocycles. The van der Waals surface area contributed by atoms with E-state index in [-0.39, 0.29) is 23.4 Å². The molecular weight excluding hydrogens is 432 g/mol. The number of fused-ring (bicyclic) bond motifs is 2. The number of nitrogens with zero attached hydrogens (tertiary/aromatic N) is 2. The molecule has 33 heavy (non-hydrogen) atoms. The maximum absolute atomic E-state index is 13.2. The summed E-state index contributed by atoms with van der Waals surface area (Å²) in [7, 11) is 0. The molecule has 2 atom stereocenters. The Hall–Kier alpha value is -2.99. The highest BCUT2D eigenvalue weighted by Gasteiger charge is 2.56. The number of carbonyl (C=O) groups excluding carboxylic acids is 1. The molecule has 1 aromatic rings. The van der Waals surface area contributed by atoms with E-state index in [1.165, 1.54) is 11.6 Å². The van der Waals surface area contributed by atoms with Gasteiger partial charge in [-0.2, -0.15) is 0 Å². The van der Waals surface area contributed by atoms with Gasteiger partial charge in [-0.15, -0.1) is 11.8 Å². The minimum Gasteiger partial charge on any atom is -0.503 e. The molecule has 1 saturated carbocycles. The van der Waals surface area contributed by atoms with Crippen LogP contribution < -0.4 is 10.4 Å². The lowest BCUT2D eigenvalue weighted by molar-refractivity contribution is 0.0852. The SMILES string of the molecule is C=C1C=C2C=CC(C)C(N3CC4(CC4)C(=O)c4c(O)c(=O)ccn43)C/C=C\C=C/C(=C2)CS1. The molecule has 4 aliphatic rings. The molecule has 1 fully saturated rings. The topological polar surface area (TPSA) is 62.5 Å². The van der Waals surface area contributed by atoms with Crippen LogP contribution in [-0.2, 0) is 0 Å². The fraction of sp³-hybridized carbons (Fsp3) is 0.333. The Labute approximate surface area is 198 Å². The van der Waals surface area contributed by atoms with E-state index >= 15 is 0 Å². The van der Waals surface area contributed by atoms with Gasteiger partial charge in [-0.3, -0.25) is 14.3 Å². The van der Waals surface area contributed by atoms with E-state index in [1.807, 2.05) is 0 Å². The molecule has 2 unspecified atom stereocenters. The number of carbonyl (C=O) groups is 1. The van der Waals surface area contributed by atoms with Gasteiger partial charge in [0.15, 0.2) is 17.2 Å². The minimum absolute atomic E-state index is 0.0453. The lowest BCUT2D eigenvalue weighted by atomic mass is 9.90. The zero-order chi connectivity index (χ0) is 23.2. The summed E-state index contributed by atoms with van der Waals surface area (Å²) in [5.41, 5.74) is 1.50. The van der Waals surface area contributed by atoms with Crippen LogP contribution in [0.25, 0.3) is 0 Å². The fourth-order valence-corrected chi connectivity index (χ4v) is 5.58. The third-order valence-electron chi connectivity index (χ3n) is 6.97. The van der Waals surface area contributed by atoms with Crippen molar-refractivity contribution >= 4 is 17.5 Å². The number of rotatable bonds is 1. The van der Waals surface area contributed by atoms with Gasteiger partial charge in [0.05, 0.1) is 11.5 Å². The molecule has 3 heterocycles. The van der Waals surface area contributed by atoms with Crippen molar-refractivity contribution in [2.24, 2.45) is 11.3 Å². The first kappa shape index (κ1) is 21.8. The summed E-state index contributed by atoms with van der Waals surface area (Å²) >= 11 is 1.74. The van der Waals surface area contributed by atoms with Crippen LogP contribution in [0.2, 0.25) is 0 Å². The number of aromatic nitrogens is 1. The summed E-state index contributed by atoms with van der Waals surface area (Å²) in [6, 6.07) is 1.38. The summed E-state index contributed by atoms with van der Waals surface area (Å²) in [4.78, 5) is 26.4. The monoisotopic (exact) mass is 460 g/mol. The zero-order valence-electron chi connectivity index (χ0n) is 18.7. The molecule has 2 aliphatic carbocycles. The zero-order valence-corrected chi connectivity index (χ0v) is 19.6. The van der Waals surface area contributed by atoms with E-state index in [0.29, 0.717) is 6.54 Å². The van der Waals surface area contributed by atoms with Crippen LogP contribution in [0.3, 0.4) is 0 Å². The first-order valence-electron chi connectivity index (χ1n) is 11.4. The maximum Gasteiger partial charge on any atom is 0.224 e. The second-order valence-corrected chi connectivity index (χ2v) is 10.5. The Morgan fingerprint density at radius 2 is 2.00 bits per heavy atom. The van der Waals surface area contributed by atoms with Gasteiger partial charge >= 0.3 is 0 Å². The van der Waals surface area contributed by atoms with Crippen LogP contribution in [0.5, 0.6) is 5.75 Å². The number of aromatic hydroxyl groups is 1. The molecule has 2 bridgehead atoms. The number of pyridine rings is 1. The molecule has 0 amide bonds. The number of thioether (sulfide) groups is 1. The largest absolute Gasteiger partial charge is 0.503 e. The third kappa shape index (κ3) is 4.08. The predicted octanol–water partition coefficient (Wildman–Crippen LogP) is 4.66. The molecule has 5 nitrogen and oxygen atoms in total. The average molecular weight is 461 g/mol. The highest BCUT2D eigenvalue weighted by molar-refractivity contribution is 8.03. The highest BCUT2D eigenvalue weighted by Crippen LogP contribution is 2.52. The van der Waals surface area contributed by atoms with E-state index in [2.05, 4.69) is 67.1 Å². The summed E-state index contributed by atoms with van der Waals surface area (Å²) in [5, 5.41) is 12.7. The van der Waals surface area contributed by atoms with Gasteiger partial charge in [0.25, 0.3) is 0 Å². The van der Waals surface area contributed by atoms with Gasteiger partial charge in [-0.1, -0.05) is 56.0 Å².